The van der Waals surface area contributed by atoms with Crippen molar-refractivity contribution in [2.75, 3.05) is 7.11 Å². The third-order valence-electron chi connectivity index (χ3n) is 3.50. The molecule has 1 heterocycles. The molecule has 0 unspecified atom stereocenters. The van der Waals surface area contributed by atoms with Crippen LogP contribution in [0.25, 0.3) is 11.5 Å². The zero-order chi connectivity index (χ0) is 17.8. The summed E-state index contributed by atoms with van der Waals surface area (Å²) in [6.45, 7) is 1.75. The van der Waals surface area contributed by atoms with Crippen LogP contribution >= 0.6 is 0 Å². The molecule has 0 bridgehead atoms. The monoisotopic (exact) mass is 342 g/mol. The van der Waals surface area contributed by atoms with Crippen molar-refractivity contribution < 1.29 is 23.2 Å². The number of rotatable bonds is 5. The number of benzene rings is 2. The van der Waals surface area contributed by atoms with Crippen LogP contribution in [0.2, 0.25) is 0 Å². The van der Waals surface area contributed by atoms with E-state index in [1.165, 1.54) is 19.2 Å². The maximum Gasteiger partial charge on any atom is 0.341 e. The lowest BCUT2D eigenvalue weighted by Crippen LogP contribution is -2.08. The lowest BCUT2D eigenvalue weighted by Gasteiger charge is -2.05. The van der Waals surface area contributed by atoms with E-state index in [4.69, 9.17) is 14.0 Å². The summed E-state index contributed by atoms with van der Waals surface area (Å²) in [5, 5.41) is 3.75. The highest BCUT2D eigenvalue weighted by Crippen LogP contribution is 2.19. The highest BCUT2D eigenvalue weighted by Gasteiger charge is 2.16. The van der Waals surface area contributed by atoms with E-state index in [9.17, 15) is 9.18 Å². The van der Waals surface area contributed by atoms with E-state index in [1.807, 2.05) is 31.2 Å². The molecular formula is C18H15FN2O4. The predicted molar refractivity (Wildman–Crippen MR) is 86.5 cm³/mol. The van der Waals surface area contributed by atoms with Crippen LogP contribution < -0.4 is 4.74 Å². The van der Waals surface area contributed by atoms with Crippen molar-refractivity contribution in [1.29, 1.82) is 0 Å². The Bertz CT molecular complexity index is 890. The number of aromatic nitrogens is 2. The second-order valence-electron chi connectivity index (χ2n) is 5.30. The first-order chi connectivity index (χ1) is 12.1. The van der Waals surface area contributed by atoms with Gasteiger partial charge in [0.2, 0.25) is 5.82 Å². The molecular weight excluding hydrogens is 327 g/mol. The van der Waals surface area contributed by atoms with Crippen LogP contribution in [0.5, 0.6) is 5.75 Å². The van der Waals surface area contributed by atoms with Gasteiger partial charge in [0.25, 0.3) is 5.89 Å². The van der Waals surface area contributed by atoms with Crippen LogP contribution in [0, 0.1) is 12.7 Å². The van der Waals surface area contributed by atoms with Crippen LogP contribution in [0.1, 0.15) is 21.7 Å². The number of hydrogen-bond donors (Lipinski definition) is 0. The summed E-state index contributed by atoms with van der Waals surface area (Å²) in [6.07, 6.45) is 0. The summed E-state index contributed by atoms with van der Waals surface area (Å²) >= 11 is 0. The van der Waals surface area contributed by atoms with E-state index in [-0.39, 0.29) is 18.0 Å². The molecule has 0 N–H and O–H groups in total. The zero-order valence-electron chi connectivity index (χ0n) is 13.7. The maximum atomic E-state index is 13.8. The fourth-order valence-corrected chi connectivity index (χ4v) is 2.12. The largest absolute Gasteiger partial charge is 0.497 e. The third kappa shape index (κ3) is 3.82. The Morgan fingerprint density at radius 2 is 1.96 bits per heavy atom. The molecule has 0 fully saturated rings. The summed E-state index contributed by atoms with van der Waals surface area (Å²) in [6, 6.07) is 11.4. The van der Waals surface area contributed by atoms with Crippen LogP contribution in [-0.2, 0) is 11.3 Å². The SMILES string of the molecule is COc1ccc(C(=O)OCc2noc(-c3ccc(C)cc3)n2)c(F)c1. The molecule has 6 nitrogen and oxygen atoms in total. The van der Waals surface area contributed by atoms with Gasteiger partial charge < -0.3 is 14.0 Å². The second kappa shape index (κ2) is 7.12. The topological polar surface area (TPSA) is 74.5 Å². The Kier molecular flexibility index (Phi) is 4.74. The summed E-state index contributed by atoms with van der Waals surface area (Å²) in [7, 11) is 1.41. The molecule has 7 heteroatoms. The van der Waals surface area contributed by atoms with Crippen molar-refractivity contribution in [2.24, 2.45) is 0 Å². The van der Waals surface area contributed by atoms with Gasteiger partial charge in [-0.25, -0.2) is 9.18 Å². The van der Waals surface area contributed by atoms with Gasteiger partial charge in [-0.1, -0.05) is 22.9 Å². The van der Waals surface area contributed by atoms with E-state index in [2.05, 4.69) is 10.1 Å². The first kappa shape index (κ1) is 16.6. The minimum Gasteiger partial charge on any atom is -0.497 e. The van der Waals surface area contributed by atoms with Gasteiger partial charge in [-0.15, -0.1) is 0 Å². The van der Waals surface area contributed by atoms with Crippen molar-refractivity contribution in [2.45, 2.75) is 13.5 Å². The summed E-state index contributed by atoms with van der Waals surface area (Å²) < 4.78 is 28.9. The molecule has 0 aliphatic rings. The molecule has 0 aliphatic heterocycles. The molecule has 0 saturated carbocycles. The Hall–Kier alpha value is -3.22. The Morgan fingerprint density at radius 3 is 2.64 bits per heavy atom. The summed E-state index contributed by atoms with van der Waals surface area (Å²) in [5.41, 5.74) is 1.68. The Labute approximate surface area is 143 Å². The van der Waals surface area contributed by atoms with E-state index in [0.29, 0.717) is 11.6 Å². The van der Waals surface area contributed by atoms with Gasteiger partial charge in [0, 0.05) is 11.6 Å². The number of ether oxygens (including phenoxy) is 2. The number of hydrogen-bond acceptors (Lipinski definition) is 6. The normalized spacial score (nSPS) is 10.5. The van der Waals surface area contributed by atoms with Crippen molar-refractivity contribution in [3.05, 3.63) is 65.2 Å². The molecule has 2 aromatic carbocycles. The van der Waals surface area contributed by atoms with Crippen molar-refractivity contribution in [1.82, 2.24) is 10.1 Å². The zero-order valence-corrected chi connectivity index (χ0v) is 13.7. The first-order valence-corrected chi connectivity index (χ1v) is 7.47. The molecule has 0 atom stereocenters. The molecule has 0 saturated heterocycles. The summed E-state index contributed by atoms with van der Waals surface area (Å²) in [4.78, 5) is 16.1. The predicted octanol–water partition coefficient (Wildman–Crippen LogP) is 3.55. The lowest BCUT2D eigenvalue weighted by molar-refractivity contribution is 0.0454. The van der Waals surface area contributed by atoms with Crippen LogP contribution in [0.3, 0.4) is 0 Å². The first-order valence-electron chi connectivity index (χ1n) is 7.47. The van der Waals surface area contributed by atoms with Crippen LogP contribution in [-0.4, -0.2) is 23.2 Å². The molecule has 3 aromatic rings. The number of nitrogens with zero attached hydrogens (tertiary/aromatic N) is 2. The number of methoxy groups -OCH3 is 1. The average molecular weight is 342 g/mol. The quantitative estimate of drug-likeness (QED) is 0.660. The van der Waals surface area contributed by atoms with Crippen molar-refractivity contribution in [3.63, 3.8) is 0 Å². The van der Waals surface area contributed by atoms with Gasteiger partial charge in [-0.2, -0.15) is 4.98 Å². The van der Waals surface area contributed by atoms with Gasteiger partial charge in [-0.05, 0) is 31.2 Å². The Morgan fingerprint density at radius 1 is 1.20 bits per heavy atom. The molecule has 3 rings (SSSR count). The van der Waals surface area contributed by atoms with E-state index in [1.54, 1.807) is 0 Å². The van der Waals surface area contributed by atoms with E-state index >= 15 is 0 Å². The molecule has 128 valence electrons. The molecule has 0 radical (unpaired) electrons. The molecule has 1 aromatic heterocycles. The van der Waals surface area contributed by atoms with Crippen molar-refractivity contribution in [3.8, 4) is 17.2 Å². The standard InChI is InChI=1S/C18H15FN2O4/c1-11-3-5-12(6-4-11)17-20-16(21-25-17)10-24-18(22)14-8-7-13(23-2)9-15(14)19/h3-9H,10H2,1-2H3. The molecule has 0 aliphatic carbocycles. The molecule has 25 heavy (non-hydrogen) atoms. The van der Waals surface area contributed by atoms with Gasteiger partial charge in [0.15, 0.2) is 6.61 Å². The minimum atomic E-state index is -0.818. The summed E-state index contributed by atoms with van der Waals surface area (Å²) in [5.74, 6) is -0.714. The minimum absolute atomic E-state index is 0.192. The molecule has 0 amide bonds. The maximum absolute atomic E-state index is 13.8. The number of halogens is 1. The highest BCUT2D eigenvalue weighted by atomic mass is 19.1. The van der Waals surface area contributed by atoms with E-state index in [0.717, 1.165) is 17.2 Å². The average Bonchev–Trinajstić information content (AvgIpc) is 3.09. The highest BCUT2D eigenvalue weighted by molar-refractivity contribution is 5.89. The fourth-order valence-electron chi connectivity index (χ4n) is 2.12. The van der Waals surface area contributed by atoms with Gasteiger partial charge >= 0.3 is 5.97 Å². The third-order valence-corrected chi connectivity index (χ3v) is 3.50. The van der Waals surface area contributed by atoms with Gasteiger partial charge in [0.1, 0.15) is 11.6 Å². The Balaban J connectivity index is 1.66. The van der Waals surface area contributed by atoms with Crippen molar-refractivity contribution >= 4 is 5.97 Å². The number of carbonyl (C=O) groups excluding carboxylic acids is 1. The smallest absolute Gasteiger partial charge is 0.341 e. The lowest BCUT2D eigenvalue weighted by atomic mass is 10.1. The number of carbonyl (C=O) groups is 1. The van der Waals surface area contributed by atoms with Gasteiger partial charge in [0.05, 0.1) is 12.7 Å². The number of esters is 1. The van der Waals surface area contributed by atoms with Crippen LogP contribution in [0.15, 0.2) is 47.0 Å². The molecule has 0 spiro atoms. The van der Waals surface area contributed by atoms with E-state index < -0.39 is 11.8 Å². The van der Waals surface area contributed by atoms with Gasteiger partial charge in [-0.3, -0.25) is 0 Å². The second-order valence-corrected chi connectivity index (χ2v) is 5.30. The number of aryl methyl sites for hydroxylation is 1. The fraction of sp³-hybridized carbons (Fsp3) is 0.167. The van der Waals surface area contributed by atoms with Crippen LogP contribution in [0.4, 0.5) is 4.39 Å².